The molecular formula is C23H17F4N3O3. The summed E-state index contributed by atoms with van der Waals surface area (Å²) in [5.41, 5.74) is 2.19. The van der Waals surface area contributed by atoms with Gasteiger partial charge in [0.15, 0.2) is 29.0 Å². The van der Waals surface area contributed by atoms with Gasteiger partial charge in [0, 0.05) is 18.3 Å². The molecule has 1 N–H and O–H groups in total. The highest BCUT2D eigenvalue weighted by atomic mass is 19.2. The smallest absolute Gasteiger partial charge is 0.292 e. The Morgan fingerprint density at radius 1 is 1.03 bits per heavy atom. The molecule has 4 rings (SSSR count). The van der Waals surface area contributed by atoms with E-state index in [2.05, 4.69) is 10.4 Å². The highest BCUT2D eigenvalue weighted by Crippen LogP contribution is 2.27. The highest BCUT2D eigenvalue weighted by molar-refractivity contribution is 6.01. The highest BCUT2D eigenvalue weighted by Gasteiger charge is 2.21. The van der Waals surface area contributed by atoms with Gasteiger partial charge in [-0.2, -0.15) is 13.9 Å². The van der Waals surface area contributed by atoms with Crippen molar-refractivity contribution >= 4 is 11.7 Å². The summed E-state index contributed by atoms with van der Waals surface area (Å²) in [6.45, 7) is 1.96. The molecule has 33 heavy (non-hydrogen) atoms. The molecule has 170 valence electrons. The molecule has 6 nitrogen and oxygen atoms in total. The van der Waals surface area contributed by atoms with Crippen LogP contribution in [0, 0.1) is 30.2 Å². The van der Waals surface area contributed by atoms with Gasteiger partial charge in [-0.1, -0.05) is 29.8 Å². The largest absolute Gasteiger partial charge is 0.479 e. The van der Waals surface area contributed by atoms with Crippen LogP contribution in [-0.2, 0) is 13.2 Å². The van der Waals surface area contributed by atoms with E-state index in [0.717, 1.165) is 11.1 Å². The zero-order valence-electron chi connectivity index (χ0n) is 17.2. The molecule has 0 spiro atoms. The molecule has 0 aliphatic heterocycles. The average Bonchev–Trinajstić information content (AvgIpc) is 3.44. The maximum atomic E-state index is 13.7. The number of carbonyl (C=O) groups excluding carboxylic acids is 1. The van der Waals surface area contributed by atoms with Crippen LogP contribution in [0.25, 0.3) is 0 Å². The molecule has 0 aliphatic rings. The van der Waals surface area contributed by atoms with Crippen LogP contribution in [0.3, 0.4) is 0 Å². The second kappa shape index (κ2) is 9.19. The number of halogens is 4. The van der Waals surface area contributed by atoms with Crippen molar-refractivity contribution < 1.29 is 31.5 Å². The Kier molecular flexibility index (Phi) is 6.16. The van der Waals surface area contributed by atoms with E-state index < -0.39 is 41.5 Å². The minimum absolute atomic E-state index is 0.00789. The minimum Gasteiger partial charge on any atom is -0.479 e. The third-order valence-corrected chi connectivity index (χ3v) is 4.66. The predicted molar refractivity (Wildman–Crippen MR) is 110 cm³/mol. The molecule has 0 unspecified atom stereocenters. The molecular weight excluding hydrogens is 442 g/mol. The first-order valence-electron chi connectivity index (χ1n) is 9.75. The maximum absolute atomic E-state index is 13.7. The summed E-state index contributed by atoms with van der Waals surface area (Å²) < 4.78 is 65.6. The SMILES string of the molecule is Cc1ccc(Cn2ccc(NC(=O)c3ccc(COc4c(F)c(F)cc(F)c4F)o3)n2)cc1. The fourth-order valence-corrected chi connectivity index (χ4v) is 2.97. The second-order valence-electron chi connectivity index (χ2n) is 7.19. The van der Waals surface area contributed by atoms with E-state index in [9.17, 15) is 22.4 Å². The quantitative estimate of drug-likeness (QED) is 0.304. The number of carbonyl (C=O) groups is 1. The number of hydrogen-bond donors (Lipinski definition) is 1. The van der Waals surface area contributed by atoms with Crippen molar-refractivity contribution in [3.8, 4) is 5.75 Å². The molecule has 0 saturated heterocycles. The third-order valence-electron chi connectivity index (χ3n) is 4.66. The van der Waals surface area contributed by atoms with Gasteiger partial charge in [-0.15, -0.1) is 0 Å². The number of furan rings is 1. The number of anilines is 1. The number of hydrogen-bond acceptors (Lipinski definition) is 4. The fraction of sp³-hybridized carbons (Fsp3) is 0.130. The first-order chi connectivity index (χ1) is 15.8. The van der Waals surface area contributed by atoms with E-state index in [0.29, 0.717) is 12.4 Å². The summed E-state index contributed by atoms with van der Waals surface area (Å²) in [5.74, 6) is -8.16. The monoisotopic (exact) mass is 459 g/mol. The lowest BCUT2D eigenvalue weighted by molar-refractivity contribution is 0.0991. The van der Waals surface area contributed by atoms with E-state index in [1.807, 2.05) is 31.2 Å². The zero-order valence-corrected chi connectivity index (χ0v) is 17.2. The van der Waals surface area contributed by atoms with Crippen LogP contribution < -0.4 is 10.1 Å². The minimum atomic E-state index is -1.67. The van der Waals surface area contributed by atoms with Gasteiger partial charge < -0.3 is 14.5 Å². The molecule has 0 saturated carbocycles. The summed E-state index contributed by atoms with van der Waals surface area (Å²) in [6, 6.07) is 12.3. The molecule has 0 bridgehead atoms. The first-order valence-corrected chi connectivity index (χ1v) is 9.75. The van der Waals surface area contributed by atoms with Crippen molar-refractivity contribution in [2.45, 2.75) is 20.1 Å². The van der Waals surface area contributed by atoms with E-state index >= 15 is 0 Å². The Bertz CT molecular complexity index is 1270. The molecule has 0 radical (unpaired) electrons. The van der Waals surface area contributed by atoms with Gasteiger partial charge in [0.2, 0.25) is 11.6 Å². The van der Waals surface area contributed by atoms with Crippen LogP contribution >= 0.6 is 0 Å². The third kappa shape index (κ3) is 5.05. The lowest BCUT2D eigenvalue weighted by Gasteiger charge is -2.08. The Morgan fingerprint density at radius 2 is 1.73 bits per heavy atom. The van der Waals surface area contributed by atoms with Crippen molar-refractivity contribution in [2.75, 3.05) is 5.32 Å². The van der Waals surface area contributed by atoms with Gasteiger partial charge in [-0.05, 0) is 24.6 Å². The van der Waals surface area contributed by atoms with Crippen LogP contribution in [-0.4, -0.2) is 15.7 Å². The normalized spacial score (nSPS) is 10.9. The van der Waals surface area contributed by atoms with Crippen molar-refractivity contribution in [2.24, 2.45) is 0 Å². The summed E-state index contributed by atoms with van der Waals surface area (Å²) in [7, 11) is 0. The maximum Gasteiger partial charge on any atom is 0.292 e. The van der Waals surface area contributed by atoms with Crippen LogP contribution in [0.2, 0.25) is 0 Å². The lowest BCUT2D eigenvalue weighted by atomic mass is 10.1. The molecule has 0 atom stereocenters. The molecule has 0 fully saturated rings. The fourth-order valence-electron chi connectivity index (χ4n) is 2.97. The van der Waals surface area contributed by atoms with Gasteiger partial charge in [0.1, 0.15) is 12.4 Å². The van der Waals surface area contributed by atoms with E-state index in [1.54, 1.807) is 16.9 Å². The summed E-state index contributed by atoms with van der Waals surface area (Å²) in [4.78, 5) is 12.4. The summed E-state index contributed by atoms with van der Waals surface area (Å²) in [6.07, 6.45) is 1.71. The molecule has 4 aromatic rings. The molecule has 2 aromatic heterocycles. The Morgan fingerprint density at radius 3 is 2.42 bits per heavy atom. The Balaban J connectivity index is 1.37. The predicted octanol–water partition coefficient (Wildman–Crippen LogP) is 5.22. The lowest BCUT2D eigenvalue weighted by Crippen LogP contribution is -2.12. The van der Waals surface area contributed by atoms with Gasteiger partial charge in [-0.25, -0.2) is 8.78 Å². The van der Waals surface area contributed by atoms with Crippen LogP contribution in [0.4, 0.5) is 23.4 Å². The average molecular weight is 459 g/mol. The molecule has 2 heterocycles. The van der Waals surface area contributed by atoms with Crippen LogP contribution in [0.5, 0.6) is 5.75 Å². The number of ether oxygens (including phenoxy) is 1. The number of nitrogens with zero attached hydrogens (tertiary/aromatic N) is 2. The van der Waals surface area contributed by atoms with Crippen molar-refractivity contribution in [3.63, 3.8) is 0 Å². The zero-order chi connectivity index (χ0) is 23.5. The van der Waals surface area contributed by atoms with Crippen LogP contribution in [0.1, 0.15) is 27.4 Å². The van der Waals surface area contributed by atoms with Gasteiger partial charge in [0.25, 0.3) is 5.91 Å². The number of rotatable bonds is 7. The summed E-state index contributed by atoms with van der Waals surface area (Å²) >= 11 is 0. The topological polar surface area (TPSA) is 69.3 Å². The molecule has 2 aromatic carbocycles. The molecule has 1 amide bonds. The Labute approximate surface area is 185 Å². The number of amides is 1. The summed E-state index contributed by atoms with van der Waals surface area (Å²) in [5, 5.41) is 6.85. The van der Waals surface area contributed by atoms with Gasteiger partial charge in [0.05, 0.1) is 6.54 Å². The standard InChI is InChI=1S/C23H17F4N3O3/c1-13-2-4-14(5-3-13)11-30-9-8-19(29-30)28-23(31)18-7-6-15(33-18)12-32-22-20(26)16(24)10-17(25)21(22)27/h2-10H,11-12H2,1H3,(H,28,29,31). The van der Waals surface area contributed by atoms with Gasteiger partial charge >= 0.3 is 0 Å². The van der Waals surface area contributed by atoms with E-state index in [4.69, 9.17) is 9.15 Å². The van der Waals surface area contributed by atoms with Crippen molar-refractivity contribution in [1.29, 1.82) is 0 Å². The number of aryl methyl sites for hydroxylation is 1. The number of aromatic nitrogens is 2. The Hall–Kier alpha value is -4.08. The molecule has 10 heteroatoms. The van der Waals surface area contributed by atoms with Crippen molar-refractivity contribution in [1.82, 2.24) is 9.78 Å². The van der Waals surface area contributed by atoms with Gasteiger partial charge in [-0.3, -0.25) is 9.48 Å². The number of nitrogens with one attached hydrogen (secondary N) is 1. The van der Waals surface area contributed by atoms with Crippen molar-refractivity contribution in [3.05, 3.63) is 101 Å². The second-order valence-corrected chi connectivity index (χ2v) is 7.19. The molecule has 0 aliphatic carbocycles. The number of benzene rings is 2. The van der Waals surface area contributed by atoms with Crippen LogP contribution in [0.15, 0.2) is 59.1 Å². The van der Waals surface area contributed by atoms with E-state index in [1.165, 1.54) is 12.1 Å². The first kappa shape index (κ1) is 22.1. The van der Waals surface area contributed by atoms with E-state index in [-0.39, 0.29) is 17.6 Å².